The van der Waals surface area contributed by atoms with Gasteiger partial charge in [0.2, 0.25) is 10.0 Å². The summed E-state index contributed by atoms with van der Waals surface area (Å²) in [7, 11) is -3.63. The Kier molecular flexibility index (Phi) is 5.03. The maximum atomic E-state index is 12.4. The fourth-order valence-electron chi connectivity index (χ4n) is 2.49. The molecule has 0 atom stereocenters. The molecule has 0 aliphatic rings. The van der Waals surface area contributed by atoms with Crippen LogP contribution in [0.15, 0.2) is 39.1 Å². The molecule has 132 valence electrons. The summed E-state index contributed by atoms with van der Waals surface area (Å²) >= 11 is 1.56. The van der Waals surface area contributed by atoms with E-state index in [1.807, 2.05) is 36.6 Å². The zero-order chi connectivity index (χ0) is 18.0. The molecule has 1 N–H and O–H groups in total. The quantitative estimate of drug-likeness (QED) is 0.713. The predicted octanol–water partition coefficient (Wildman–Crippen LogP) is 3.24. The normalized spacial score (nSPS) is 11.8. The van der Waals surface area contributed by atoms with E-state index in [1.165, 1.54) is 5.56 Å². The van der Waals surface area contributed by atoms with Crippen LogP contribution in [-0.4, -0.2) is 25.1 Å². The molecule has 0 bridgehead atoms. The van der Waals surface area contributed by atoms with E-state index in [-0.39, 0.29) is 11.4 Å². The molecular weight excluding hydrogens is 358 g/mol. The topological polar surface area (TPSA) is 85.1 Å². The van der Waals surface area contributed by atoms with Gasteiger partial charge in [-0.3, -0.25) is 0 Å². The van der Waals surface area contributed by atoms with Gasteiger partial charge in [-0.25, -0.2) is 18.1 Å². The Morgan fingerprint density at radius 3 is 2.52 bits per heavy atom. The summed E-state index contributed by atoms with van der Waals surface area (Å²) in [6, 6.07) is 8.18. The van der Waals surface area contributed by atoms with E-state index in [0.717, 1.165) is 16.3 Å². The third kappa shape index (κ3) is 3.97. The van der Waals surface area contributed by atoms with Crippen molar-refractivity contribution in [3.05, 3.63) is 52.4 Å². The number of aryl methyl sites for hydroxylation is 3. The second kappa shape index (κ2) is 7.07. The first-order chi connectivity index (χ1) is 11.9. The summed E-state index contributed by atoms with van der Waals surface area (Å²) < 4.78 is 32.2. The van der Waals surface area contributed by atoms with E-state index >= 15 is 0 Å². The summed E-state index contributed by atoms with van der Waals surface area (Å²) in [6.07, 6.45) is 0.519. The molecule has 0 aliphatic heterocycles. The molecule has 2 aromatic heterocycles. The monoisotopic (exact) mass is 377 g/mol. The Hall–Kier alpha value is -2.03. The van der Waals surface area contributed by atoms with Gasteiger partial charge in [0.15, 0.2) is 5.76 Å². The number of sulfonamides is 1. The van der Waals surface area contributed by atoms with E-state index in [2.05, 4.69) is 14.9 Å². The average molecular weight is 377 g/mol. The summed E-state index contributed by atoms with van der Waals surface area (Å²) in [5.74, 6) is 0.292. The van der Waals surface area contributed by atoms with Crippen molar-refractivity contribution in [3.8, 4) is 10.6 Å². The van der Waals surface area contributed by atoms with E-state index in [0.29, 0.717) is 17.9 Å². The molecule has 1 aromatic carbocycles. The number of nitrogens with one attached hydrogen (secondary N) is 1. The van der Waals surface area contributed by atoms with Crippen molar-refractivity contribution in [3.63, 3.8) is 0 Å². The van der Waals surface area contributed by atoms with Crippen LogP contribution in [0.4, 0.5) is 0 Å². The number of hydrogen-bond donors (Lipinski definition) is 1. The summed E-state index contributed by atoms with van der Waals surface area (Å²) in [5.41, 5.74) is 3.50. The molecule has 0 aliphatic carbocycles. The first kappa shape index (κ1) is 17.8. The molecule has 2 heterocycles. The molecule has 0 unspecified atom stereocenters. The van der Waals surface area contributed by atoms with Crippen molar-refractivity contribution >= 4 is 21.4 Å². The largest absolute Gasteiger partial charge is 0.360 e. The first-order valence-corrected chi connectivity index (χ1v) is 10.2. The summed E-state index contributed by atoms with van der Waals surface area (Å²) in [5, 5.41) is 6.58. The lowest BCUT2D eigenvalue weighted by Crippen LogP contribution is -2.26. The molecule has 3 aromatic rings. The number of aromatic nitrogens is 2. The first-order valence-electron chi connectivity index (χ1n) is 7.81. The second-order valence-electron chi connectivity index (χ2n) is 5.81. The van der Waals surface area contributed by atoms with Crippen LogP contribution in [0.2, 0.25) is 0 Å². The van der Waals surface area contributed by atoms with Gasteiger partial charge >= 0.3 is 0 Å². The SMILES string of the molecule is Cc1ccc(-c2nc(CCNS(=O)(=O)c3c(C)noc3C)cs2)cc1. The number of hydrogen-bond acceptors (Lipinski definition) is 6. The van der Waals surface area contributed by atoms with Crippen LogP contribution < -0.4 is 4.72 Å². The van der Waals surface area contributed by atoms with Gasteiger partial charge < -0.3 is 4.52 Å². The molecule has 0 saturated heterocycles. The summed E-state index contributed by atoms with van der Waals surface area (Å²) in [4.78, 5) is 4.70. The van der Waals surface area contributed by atoms with Crippen LogP contribution >= 0.6 is 11.3 Å². The van der Waals surface area contributed by atoms with Crippen molar-refractivity contribution in [1.82, 2.24) is 14.9 Å². The highest BCUT2D eigenvalue weighted by Gasteiger charge is 2.23. The van der Waals surface area contributed by atoms with Crippen LogP contribution in [0.1, 0.15) is 22.7 Å². The number of thiazole rings is 1. The molecule has 0 amide bonds. The van der Waals surface area contributed by atoms with Gasteiger partial charge in [-0.2, -0.15) is 0 Å². The lowest BCUT2D eigenvalue weighted by molar-refractivity contribution is 0.390. The molecule has 0 saturated carbocycles. The average Bonchev–Trinajstić information content (AvgIpc) is 3.15. The number of benzene rings is 1. The van der Waals surface area contributed by atoms with Crippen LogP contribution in [-0.2, 0) is 16.4 Å². The molecule has 8 heteroatoms. The van der Waals surface area contributed by atoms with Crippen LogP contribution in [0.25, 0.3) is 10.6 Å². The van der Waals surface area contributed by atoms with Crippen LogP contribution in [0, 0.1) is 20.8 Å². The second-order valence-corrected chi connectivity index (χ2v) is 8.37. The minimum absolute atomic E-state index is 0.117. The van der Waals surface area contributed by atoms with E-state index in [1.54, 1.807) is 25.2 Å². The minimum Gasteiger partial charge on any atom is -0.360 e. The Labute approximate surface area is 151 Å². The molecule has 0 radical (unpaired) electrons. The van der Waals surface area contributed by atoms with Crippen molar-refractivity contribution in [2.24, 2.45) is 0 Å². The maximum Gasteiger partial charge on any atom is 0.245 e. The molecule has 25 heavy (non-hydrogen) atoms. The van der Waals surface area contributed by atoms with Gasteiger partial charge in [0.25, 0.3) is 0 Å². The van der Waals surface area contributed by atoms with Crippen molar-refractivity contribution in [2.75, 3.05) is 6.54 Å². The standard InChI is InChI=1S/C17H19N3O3S2/c1-11-4-6-14(7-5-11)17-19-15(10-24-17)8-9-18-25(21,22)16-12(2)20-23-13(16)3/h4-7,10,18H,8-9H2,1-3H3. The van der Waals surface area contributed by atoms with Gasteiger partial charge in [-0.15, -0.1) is 11.3 Å². The van der Waals surface area contributed by atoms with Crippen LogP contribution in [0.3, 0.4) is 0 Å². The van der Waals surface area contributed by atoms with Gasteiger partial charge in [-0.1, -0.05) is 35.0 Å². The van der Waals surface area contributed by atoms with Crippen molar-refractivity contribution < 1.29 is 12.9 Å². The predicted molar refractivity (Wildman–Crippen MR) is 97.2 cm³/mol. The van der Waals surface area contributed by atoms with Gasteiger partial charge in [-0.05, 0) is 20.8 Å². The van der Waals surface area contributed by atoms with Crippen molar-refractivity contribution in [2.45, 2.75) is 32.1 Å². The fraction of sp³-hybridized carbons (Fsp3) is 0.294. The summed E-state index contributed by atoms with van der Waals surface area (Å²) in [6.45, 7) is 5.51. The van der Waals surface area contributed by atoms with Crippen LogP contribution in [0.5, 0.6) is 0 Å². The Morgan fingerprint density at radius 2 is 1.88 bits per heavy atom. The zero-order valence-electron chi connectivity index (χ0n) is 14.2. The van der Waals surface area contributed by atoms with Crippen molar-refractivity contribution in [1.29, 1.82) is 0 Å². The van der Waals surface area contributed by atoms with Gasteiger partial charge in [0.1, 0.15) is 15.6 Å². The third-order valence-corrected chi connectivity index (χ3v) is 6.40. The minimum atomic E-state index is -3.63. The Bertz CT molecular complexity index is 953. The lowest BCUT2D eigenvalue weighted by Gasteiger charge is -2.05. The molecule has 0 fully saturated rings. The molecule has 3 rings (SSSR count). The molecular formula is C17H19N3O3S2. The molecule has 6 nitrogen and oxygen atoms in total. The Morgan fingerprint density at radius 1 is 1.16 bits per heavy atom. The lowest BCUT2D eigenvalue weighted by atomic mass is 10.2. The Balaban J connectivity index is 1.64. The zero-order valence-corrected chi connectivity index (χ0v) is 15.9. The number of nitrogens with zero attached hydrogens (tertiary/aromatic N) is 2. The van der Waals surface area contributed by atoms with E-state index in [9.17, 15) is 8.42 Å². The smallest absolute Gasteiger partial charge is 0.245 e. The number of rotatable bonds is 6. The maximum absolute atomic E-state index is 12.4. The van der Waals surface area contributed by atoms with Gasteiger partial charge in [0, 0.05) is 23.9 Å². The van der Waals surface area contributed by atoms with E-state index in [4.69, 9.17) is 4.52 Å². The molecule has 0 spiro atoms. The highest BCUT2D eigenvalue weighted by Crippen LogP contribution is 2.24. The van der Waals surface area contributed by atoms with E-state index < -0.39 is 10.0 Å². The third-order valence-electron chi connectivity index (χ3n) is 3.76. The highest BCUT2D eigenvalue weighted by molar-refractivity contribution is 7.89. The highest BCUT2D eigenvalue weighted by atomic mass is 32.2. The fourth-order valence-corrected chi connectivity index (χ4v) is 4.71. The van der Waals surface area contributed by atoms with Gasteiger partial charge in [0.05, 0.1) is 5.69 Å².